The number of ether oxygens (including phenoxy) is 1. The molecule has 1 aliphatic rings. The van der Waals surface area contributed by atoms with Gasteiger partial charge in [0.15, 0.2) is 8.29 Å². The Kier molecular flexibility index (Phi) is 5.97. The van der Waals surface area contributed by atoms with Crippen molar-refractivity contribution in [3.05, 3.63) is 33.3 Å². The first-order chi connectivity index (χ1) is 11.5. The molecule has 3 rings (SSSR count). The summed E-state index contributed by atoms with van der Waals surface area (Å²) in [6, 6.07) is 6.40. The molecule has 2 heterocycles. The molecule has 0 saturated carbocycles. The second kappa shape index (κ2) is 7.99. The fourth-order valence-corrected chi connectivity index (χ4v) is 4.57. The summed E-state index contributed by atoms with van der Waals surface area (Å²) in [4.78, 5) is 2.41. The molecule has 7 heteroatoms. The van der Waals surface area contributed by atoms with E-state index < -0.39 is 0 Å². The molecule has 0 unspecified atom stereocenters. The van der Waals surface area contributed by atoms with Gasteiger partial charge >= 0.3 is 0 Å². The van der Waals surface area contributed by atoms with E-state index in [0.29, 0.717) is 6.10 Å². The van der Waals surface area contributed by atoms with Gasteiger partial charge in [-0.1, -0.05) is 35.2 Å². The molecule has 1 aromatic carbocycles. The molecule has 1 fully saturated rings. The lowest BCUT2D eigenvalue weighted by Crippen LogP contribution is -2.39. The van der Waals surface area contributed by atoms with Gasteiger partial charge < -0.3 is 4.74 Å². The SMILES string of the molecule is CSc1nn(CN2CCC(Oc3cc(C)ccc3C)CC2)c(=S)s1. The van der Waals surface area contributed by atoms with Crippen molar-refractivity contribution in [2.75, 3.05) is 19.3 Å². The summed E-state index contributed by atoms with van der Waals surface area (Å²) in [7, 11) is 0. The molecule has 24 heavy (non-hydrogen) atoms. The topological polar surface area (TPSA) is 30.3 Å². The molecule has 0 atom stereocenters. The molecule has 0 amide bonds. The van der Waals surface area contributed by atoms with Crippen LogP contribution in [0, 0.1) is 17.8 Å². The second-order valence-electron chi connectivity index (χ2n) is 6.18. The number of benzene rings is 1. The van der Waals surface area contributed by atoms with Crippen LogP contribution < -0.4 is 4.74 Å². The van der Waals surface area contributed by atoms with Gasteiger partial charge in [0.1, 0.15) is 11.9 Å². The Bertz CT molecular complexity index is 748. The minimum atomic E-state index is 0.298. The molecule has 0 N–H and O–H groups in total. The van der Waals surface area contributed by atoms with Crippen molar-refractivity contribution in [1.82, 2.24) is 14.7 Å². The van der Waals surface area contributed by atoms with E-state index >= 15 is 0 Å². The Balaban J connectivity index is 1.54. The minimum absolute atomic E-state index is 0.298. The number of aromatic nitrogens is 2. The molecular formula is C17H23N3OS3. The molecule has 130 valence electrons. The Labute approximate surface area is 156 Å². The van der Waals surface area contributed by atoms with Crippen LogP contribution in [0.15, 0.2) is 22.5 Å². The number of piperidine rings is 1. The maximum Gasteiger partial charge on any atom is 0.181 e. The fraction of sp³-hybridized carbons (Fsp3) is 0.529. The summed E-state index contributed by atoms with van der Waals surface area (Å²) in [6.45, 7) is 7.03. The van der Waals surface area contributed by atoms with Crippen molar-refractivity contribution in [2.45, 2.75) is 43.8 Å². The van der Waals surface area contributed by atoms with Crippen molar-refractivity contribution >= 4 is 35.3 Å². The quantitative estimate of drug-likeness (QED) is 0.561. The maximum absolute atomic E-state index is 6.24. The largest absolute Gasteiger partial charge is 0.490 e. The van der Waals surface area contributed by atoms with Gasteiger partial charge in [0.25, 0.3) is 0 Å². The van der Waals surface area contributed by atoms with E-state index in [4.69, 9.17) is 17.0 Å². The van der Waals surface area contributed by atoms with Crippen LogP contribution in [0.5, 0.6) is 5.75 Å². The summed E-state index contributed by atoms with van der Waals surface area (Å²) >= 11 is 8.64. The predicted octanol–water partition coefficient (Wildman–Crippen LogP) is 4.51. The van der Waals surface area contributed by atoms with Gasteiger partial charge in [0, 0.05) is 13.1 Å². The van der Waals surface area contributed by atoms with Gasteiger partial charge in [-0.05, 0) is 62.4 Å². The number of hydrogen-bond donors (Lipinski definition) is 0. The van der Waals surface area contributed by atoms with Crippen molar-refractivity contribution < 1.29 is 4.74 Å². The van der Waals surface area contributed by atoms with Crippen LogP contribution >= 0.6 is 35.3 Å². The highest BCUT2D eigenvalue weighted by atomic mass is 32.2. The lowest BCUT2D eigenvalue weighted by molar-refractivity contribution is 0.0796. The zero-order chi connectivity index (χ0) is 17.1. The van der Waals surface area contributed by atoms with Gasteiger partial charge in [-0.3, -0.25) is 4.90 Å². The summed E-state index contributed by atoms with van der Waals surface area (Å²) in [5, 5.41) is 4.55. The zero-order valence-electron chi connectivity index (χ0n) is 14.3. The normalized spacial score (nSPS) is 16.5. The molecule has 0 spiro atoms. The molecule has 0 aliphatic carbocycles. The smallest absolute Gasteiger partial charge is 0.181 e. The Hall–Kier alpha value is -0.890. The van der Waals surface area contributed by atoms with E-state index in [1.807, 2.05) is 10.9 Å². The van der Waals surface area contributed by atoms with Gasteiger partial charge in [-0.15, -0.1) is 0 Å². The van der Waals surface area contributed by atoms with E-state index in [0.717, 1.165) is 46.6 Å². The van der Waals surface area contributed by atoms with Crippen LogP contribution in [0.25, 0.3) is 0 Å². The summed E-state index contributed by atoms with van der Waals surface area (Å²) in [5.74, 6) is 1.03. The molecule has 1 aliphatic heterocycles. The average Bonchev–Trinajstić information content (AvgIpc) is 2.93. The molecule has 0 bridgehead atoms. The number of likely N-dealkylation sites (tertiary alicyclic amines) is 1. The van der Waals surface area contributed by atoms with Crippen molar-refractivity contribution in [2.24, 2.45) is 0 Å². The molecule has 2 aromatic rings. The number of aryl methyl sites for hydroxylation is 2. The van der Waals surface area contributed by atoms with E-state index in [1.165, 1.54) is 11.1 Å². The maximum atomic E-state index is 6.24. The zero-order valence-corrected chi connectivity index (χ0v) is 16.8. The Morgan fingerprint density at radius 2 is 2.08 bits per heavy atom. The van der Waals surface area contributed by atoms with Crippen LogP contribution in [0.1, 0.15) is 24.0 Å². The lowest BCUT2D eigenvalue weighted by Gasteiger charge is -2.32. The Morgan fingerprint density at radius 3 is 2.75 bits per heavy atom. The van der Waals surface area contributed by atoms with E-state index in [-0.39, 0.29) is 0 Å². The van der Waals surface area contributed by atoms with Crippen molar-refractivity contribution in [1.29, 1.82) is 0 Å². The van der Waals surface area contributed by atoms with Crippen LogP contribution in [0.2, 0.25) is 0 Å². The summed E-state index contributed by atoms with van der Waals surface area (Å²) < 4.78 is 10.1. The van der Waals surface area contributed by atoms with Crippen molar-refractivity contribution in [3.63, 3.8) is 0 Å². The van der Waals surface area contributed by atoms with Gasteiger partial charge in [0.05, 0.1) is 6.67 Å². The fourth-order valence-electron chi connectivity index (χ4n) is 2.83. The minimum Gasteiger partial charge on any atom is -0.490 e. The highest BCUT2D eigenvalue weighted by Gasteiger charge is 2.21. The first-order valence-corrected chi connectivity index (χ1v) is 10.6. The number of hydrogen-bond acceptors (Lipinski definition) is 6. The first kappa shape index (κ1) is 17.9. The Morgan fingerprint density at radius 1 is 1.33 bits per heavy atom. The second-order valence-corrected chi connectivity index (χ2v) is 8.86. The van der Waals surface area contributed by atoms with Crippen LogP contribution in [0.3, 0.4) is 0 Å². The van der Waals surface area contributed by atoms with Crippen molar-refractivity contribution in [3.8, 4) is 5.75 Å². The number of nitrogens with zero attached hydrogens (tertiary/aromatic N) is 3. The third-order valence-corrected chi connectivity index (χ3v) is 6.55. The molecule has 0 radical (unpaired) electrons. The highest BCUT2D eigenvalue weighted by Crippen LogP contribution is 2.24. The van der Waals surface area contributed by atoms with E-state index in [1.54, 1.807) is 23.1 Å². The molecule has 4 nitrogen and oxygen atoms in total. The summed E-state index contributed by atoms with van der Waals surface area (Å²) in [5.41, 5.74) is 2.46. The number of thioether (sulfide) groups is 1. The first-order valence-electron chi connectivity index (χ1n) is 8.13. The van der Waals surface area contributed by atoms with Gasteiger partial charge in [-0.2, -0.15) is 5.10 Å². The average molecular weight is 382 g/mol. The van der Waals surface area contributed by atoms with Gasteiger partial charge in [-0.25, -0.2) is 4.68 Å². The van der Waals surface area contributed by atoms with E-state index in [9.17, 15) is 0 Å². The standard InChI is InChI=1S/C17H23N3OS3/c1-12-4-5-13(2)15(10-12)21-14-6-8-19(9-7-14)11-20-17(22)24-16(18-20)23-3/h4-5,10,14H,6-9,11H2,1-3H3. The molecule has 1 aromatic heterocycles. The third kappa shape index (κ3) is 4.39. The predicted molar refractivity (Wildman–Crippen MR) is 104 cm³/mol. The molecular weight excluding hydrogens is 358 g/mol. The van der Waals surface area contributed by atoms with Crippen LogP contribution in [0.4, 0.5) is 0 Å². The molecule has 1 saturated heterocycles. The lowest BCUT2D eigenvalue weighted by atomic mass is 10.1. The van der Waals surface area contributed by atoms with Crippen LogP contribution in [-0.4, -0.2) is 40.1 Å². The van der Waals surface area contributed by atoms with E-state index in [2.05, 4.69) is 42.0 Å². The number of rotatable bonds is 5. The summed E-state index contributed by atoms with van der Waals surface area (Å²) in [6.07, 6.45) is 4.42. The van der Waals surface area contributed by atoms with Crippen LogP contribution in [-0.2, 0) is 6.67 Å². The van der Waals surface area contributed by atoms with Gasteiger partial charge in [0.2, 0.25) is 0 Å². The third-order valence-electron chi connectivity index (χ3n) is 4.27. The monoisotopic (exact) mass is 381 g/mol. The highest BCUT2D eigenvalue weighted by molar-refractivity contribution is 8.00.